The number of aryl methyl sites for hydroxylation is 1. The molecule has 0 aliphatic rings. The Balaban J connectivity index is 1.58. The summed E-state index contributed by atoms with van der Waals surface area (Å²) in [6.45, 7) is 2.00. The monoisotopic (exact) mass is 426 g/mol. The highest BCUT2D eigenvalue weighted by Crippen LogP contribution is 2.31. The van der Waals surface area contributed by atoms with Crippen molar-refractivity contribution in [1.29, 1.82) is 0 Å². The number of nitrogens with zero attached hydrogens (tertiary/aromatic N) is 3. The molecule has 0 saturated heterocycles. The molecule has 0 bridgehead atoms. The van der Waals surface area contributed by atoms with E-state index >= 15 is 0 Å². The predicted octanol–water partition coefficient (Wildman–Crippen LogP) is 5.48. The zero-order valence-corrected chi connectivity index (χ0v) is 17.7. The summed E-state index contributed by atoms with van der Waals surface area (Å²) in [7, 11) is 1.63. The van der Waals surface area contributed by atoms with E-state index < -0.39 is 0 Å². The first-order valence-electron chi connectivity index (χ1n) is 9.68. The molecule has 0 unspecified atom stereocenters. The van der Waals surface area contributed by atoms with Gasteiger partial charge in [-0.2, -0.15) is 0 Å². The van der Waals surface area contributed by atoms with Crippen LogP contribution in [0.2, 0.25) is 0 Å². The van der Waals surface area contributed by atoms with Crippen LogP contribution in [-0.4, -0.2) is 28.0 Å². The second-order valence-electron chi connectivity index (χ2n) is 7.12. The van der Waals surface area contributed by atoms with Gasteiger partial charge in [0.15, 0.2) is 5.13 Å². The van der Waals surface area contributed by atoms with Gasteiger partial charge in [-0.1, -0.05) is 23.0 Å². The van der Waals surface area contributed by atoms with Gasteiger partial charge in [-0.3, -0.25) is 15.1 Å². The fourth-order valence-corrected chi connectivity index (χ4v) is 4.34. The Morgan fingerprint density at radius 2 is 1.77 bits per heavy atom. The van der Waals surface area contributed by atoms with E-state index in [1.54, 1.807) is 19.5 Å². The first kappa shape index (κ1) is 19.1. The van der Waals surface area contributed by atoms with E-state index in [-0.39, 0.29) is 5.91 Å². The lowest BCUT2D eigenvalue weighted by molar-refractivity contribution is 0.102. The Bertz CT molecular complexity index is 1430. The summed E-state index contributed by atoms with van der Waals surface area (Å²) in [4.78, 5) is 26.7. The molecular formula is C24H18N4O2S. The van der Waals surface area contributed by atoms with Crippen LogP contribution in [0.5, 0.6) is 5.75 Å². The van der Waals surface area contributed by atoms with Gasteiger partial charge in [0.05, 0.1) is 34.1 Å². The molecule has 6 nitrogen and oxygen atoms in total. The maximum Gasteiger partial charge on any atom is 0.258 e. The van der Waals surface area contributed by atoms with Crippen LogP contribution in [-0.2, 0) is 0 Å². The fraction of sp³-hybridized carbons (Fsp3) is 0.0833. The van der Waals surface area contributed by atoms with E-state index in [1.807, 2.05) is 61.5 Å². The highest BCUT2D eigenvalue weighted by molar-refractivity contribution is 7.22. The third kappa shape index (κ3) is 3.71. The molecule has 0 atom stereocenters. The minimum Gasteiger partial charge on any atom is -0.497 e. The number of hydrogen-bond donors (Lipinski definition) is 1. The molecule has 1 N–H and O–H groups in total. The fourth-order valence-electron chi connectivity index (χ4n) is 3.45. The van der Waals surface area contributed by atoms with Crippen LogP contribution in [0.3, 0.4) is 0 Å². The van der Waals surface area contributed by atoms with E-state index in [2.05, 4.69) is 15.3 Å². The van der Waals surface area contributed by atoms with Crippen molar-refractivity contribution in [1.82, 2.24) is 15.0 Å². The standard InChI is InChI=1S/C24H18N4O2S/c1-14-3-5-19-17(11-14)18(13-21(26-19)15-7-9-25-10-8-15)23(29)28-24-27-20-6-4-16(30-2)12-22(20)31-24/h3-13H,1-2H3,(H,27,28,29). The van der Waals surface area contributed by atoms with E-state index in [9.17, 15) is 4.79 Å². The highest BCUT2D eigenvalue weighted by Gasteiger charge is 2.16. The summed E-state index contributed by atoms with van der Waals surface area (Å²) in [5.74, 6) is 0.533. The first-order chi connectivity index (χ1) is 15.1. The number of methoxy groups -OCH3 is 1. The number of thiazole rings is 1. The number of nitrogens with one attached hydrogen (secondary N) is 1. The van der Waals surface area contributed by atoms with Gasteiger partial charge in [-0.05, 0) is 55.5 Å². The second-order valence-corrected chi connectivity index (χ2v) is 8.15. The molecule has 31 heavy (non-hydrogen) atoms. The summed E-state index contributed by atoms with van der Waals surface area (Å²) in [6, 6.07) is 17.1. The van der Waals surface area contributed by atoms with Gasteiger partial charge in [-0.25, -0.2) is 9.97 Å². The van der Waals surface area contributed by atoms with Gasteiger partial charge >= 0.3 is 0 Å². The average molecular weight is 427 g/mol. The zero-order valence-electron chi connectivity index (χ0n) is 16.9. The summed E-state index contributed by atoms with van der Waals surface area (Å²) < 4.78 is 6.22. The Kier molecular flexibility index (Phi) is 4.80. The molecule has 0 radical (unpaired) electrons. The lowest BCUT2D eigenvalue weighted by Crippen LogP contribution is -2.13. The second kappa shape index (κ2) is 7.77. The lowest BCUT2D eigenvalue weighted by atomic mass is 10.0. The lowest BCUT2D eigenvalue weighted by Gasteiger charge is -2.10. The number of amides is 1. The Hall–Kier alpha value is -3.84. The van der Waals surface area contributed by atoms with Gasteiger partial charge < -0.3 is 4.74 Å². The summed E-state index contributed by atoms with van der Waals surface area (Å²) in [5.41, 5.74) is 4.81. The number of benzene rings is 2. The number of carbonyl (C=O) groups is 1. The quantitative estimate of drug-likeness (QED) is 0.412. The molecular weight excluding hydrogens is 408 g/mol. The number of aromatic nitrogens is 3. The summed E-state index contributed by atoms with van der Waals surface area (Å²) in [6.07, 6.45) is 3.43. The summed E-state index contributed by atoms with van der Waals surface area (Å²) >= 11 is 1.41. The van der Waals surface area contributed by atoms with E-state index in [0.717, 1.165) is 43.7 Å². The van der Waals surface area contributed by atoms with Gasteiger partial charge in [0.1, 0.15) is 5.75 Å². The number of carbonyl (C=O) groups excluding carboxylic acids is 1. The van der Waals surface area contributed by atoms with Crippen molar-refractivity contribution in [3.8, 4) is 17.0 Å². The predicted molar refractivity (Wildman–Crippen MR) is 124 cm³/mol. The smallest absolute Gasteiger partial charge is 0.258 e. The molecule has 0 aliphatic carbocycles. The Morgan fingerprint density at radius 1 is 0.968 bits per heavy atom. The average Bonchev–Trinajstić information content (AvgIpc) is 3.20. The van der Waals surface area contributed by atoms with Gasteiger partial charge in [0, 0.05) is 23.3 Å². The zero-order chi connectivity index (χ0) is 21.4. The molecule has 3 heterocycles. The van der Waals surface area contributed by atoms with Crippen molar-refractivity contribution in [2.75, 3.05) is 12.4 Å². The van der Waals surface area contributed by atoms with Crippen molar-refractivity contribution < 1.29 is 9.53 Å². The number of rotatable bonds is 4. The molecule has 7 heteroatoms. The topological polar surface area (TPSA) is 77.0 Å². The molecule has 3 aromatic heterocycles. The third-order valence-electron chi connectivity index (χ3n) is 5.00. The molecule has 0 saturated carbocycles. The molecule has 0 spiro atoms. The molecule has 0 fully saturated rings. The van der Waals surface area contributed by atoms with Crippen molar-refractivity contribution in [2.24, 2.45) is 0 Å². The molecule has 5 aromatic rings. The number of fused-ring (bicyclic) bond motifs is 2. The van der Waals surface area contributed by atoms with E-state index in [0.29, 0.717) is 10.7 Å². The SMILES string of the molecule is COc1ccc2nc(NC(=O)c3cc(-c4ccncc4)nc4ccc(C)cc34)sc2c1. The van der Waals surface area contributed by atoms with E-state index in [1.165, 1.54) is 11.3 Å². The first-order valence-corrected chi connectivity index (χ1v) is 10.5. The van der Waals surface area contributed by atoms with Crippen LogP contribution in [0.15, 0.2) is 67.0 Å². The number of hydrogen-bond acceptors (Lipinski definition) is 6. The van der Waals surface area contributed by atoms with Crippen LogP contribution < -0.4 is 10.1 Å². The van der Waals surface area contributed by atoms with Crippen molar-refractivity contribution in [3.63, 3.8) is 0 Å². The normalized spacial score (nSPS) is 11.0. The van der Waals surface area contributed by atoms with Crippen LogP contribution in [0.25, 0.3) is 32.4 Å². The molecule has 0 aliphatic heterocycles. The maximum atomic E-state index is 13.3. The van der Waals surface area contributed by atoms with Crippen molar-refractivity contribution in [3.05, 3.63) is 78.1 Å². The van der Waals surface area contributed by atoms with Crippen molar-refractivity contribution in [2.45, 2.75) is 6.92 Å². The minimum absolute atomic E-state index is 0.223. The van der Waals surface area contributed by atoms with Crippen LogP contribution in [0.4, 0.5) is 5.13 Å². The van der Waals surface area contributed by atoms with Gasteiger partial charge in [0.25, 0.3) is 5.91 Å². The number of anilines is 1. The van der Waals surface area contributed by atoms with Crippen LogP contribution >= 0.6 is 11.3 Å². The molecule has 1 amide bonds. The van der Waals surface area contributed by atoms with Crippen LogP contribution in [0.1, 0.15) is 15.9 Å². The van der Waals surface area contributed by atoms with Crippen molar-refractivity contribution >= 4 is 43.5 Å². The highest BCUT2D eigenvalue weighted by atomic mass is 32.1. The maximum absolute atomic E-state index is 13.3. The Morgan fingerprint density at radius 3 is 2.58 bits per heavy atom. The largest absolute Gasteiger partial charge is 0.497 e. The van der Waals surface area contributed by atoms with E-state index in [4.69, 9.17) is 9.72 Å². The van der Waals surface area contributed by atoms with Crippen LogP contribution in [0, 0.1) is 6.92 Å². The molecule has 152 valence electrons. The molecule has 5 rings (SSSR count). The molecule has 2 aromatic carbocycles. The Labute approximate surface area is 182 Å². The summed E-state index contributed by atoms with van der Waals surface area (Å²) in [5, 5.41) is 4.31. The minimum atomic E-state index is -0.223. The number of ether oxygens (including phenoxy) is 1. The number of pyridine rings is 2. The van der Waals surface area contributed by atoms with Gasteiger partial charge in [0.2, 0.25) is 0 Å². The van der Waals surface area contributed by atoms with Gasteiger partial charge in [-0.15, -0.1) is 0 Å². The third-order valence-corrected chi connectivity index (χ3v) is 5.93.